The van der Waals surface area contributed by atoms with Crippen molar-refractivity contribution in [3.8, 4) is 0 Å². The molecule has 2 atom stereocenters. The quantitative estimate of drug-likeness (QED) is 0.637. The van der Waals surface area contributed by atoms with Gasteiger partial charge >= 0.3 is 0 Å². The van der Waals surface area contributed by atoms with Crippen molar-refractivity contribution in [1.29, 1.82) is 0 Å². The van der Waals surface area contributed by atoms with Crippen molar-refractivity contribution in [3.05, 3.63) is 18.1 Å². The van der Waals surface area contributed by atoms with Crippen LogP contribution in [0.2, 0.25) is 0 Å². The lowest BCUT2D eigenvalue weighted by atomic mass is 10.3. The van der Waals surface area contributed by atoms with E-state index in [-0.39, 0.29) is 15.1 Å². The Morgan fingerprint density at radius 2 is 2.50 bits per heavy atom. The fraction of sp³-hybridized carbons (Fsp3) is 0.636. The second-order valence-corrected chi connectivity index (χ2v) is 5.32. The number of nitrogens with zero attached hydrogens (tertiary/aromatic N) is 3. The first kappa shape index (κ1) is 14.0. The van der Waals surface area contributed by atoms with E-state index >= 15 is 0 Å². The Hall–Kier alpha value is -0.420. The minimum atomic E-state index is 0.124. The normalized spacial score (nSPS) is 20.1. The standard InChI is InChI=1S/C11H18N3O2PS/c1-15-17-16-9-3-6-14(8-9)11-2-5-12-10(13-11)4-7-18/h2,5,9,17-18H,3-4,6-8H2,1H3. The van der Waals surface area contributed by atoms with Gasteiger partial charge in [0.05, 0.1) is 6.10 Å². The van der Waals surface area contributed by atoms with Gasteiger partial charge in [-0.2, -0.15) is 12.6 Å². The molecular formula is C11H18N3O2PS. The minimum absolute atomic E-state index is 0.124. The third-order valence-electron chi connectivity index (χ3n) is 2.79. The number of aryl methyl sites for hydroxylation is 1. The van der Waals surface area contributed by atoms with Crippen molar-refractivity contribution in [1.82, 2.24) is 9.97 Å². The Bertz CT molecular complexity index is 383. The molecule has 1 aliphatic rings. The molecule has 1 saturated heterocycles. The summed E-state index contributed by atoms with van der Waals surface area (Å²) in [5.74, 6) is 2.60. The third-order valence-corrected chi connectivity index (χ3v) is 3.61. The summed E-state index contributed by atoms with van der Waals surface area (Å²) in [6.45, 7) is 1.84. The molecule has 0 saturated carbocycles. The lowest BCUT2D eigenvalue weighted by molar-refractivity contribution is 0.224. The van der Waals surface area contributed by atoms with Crippen LogP contribution in [0, 0.1) is 0 Å². The van der Waals surface area contributed by atoms with Crippen LogP contribution in [-0.2, 0) is 15.5 Å². The van der Waals surface area contributed by atoms with Gasteiger partial charge in [-0.3, -0.25) is 0 Å². The maximum Gasteiger partial charge on any atom is 0.155 e. The van der Waals surface area contributed by atoms with Crippen LogP contribution in [0.5, 0.6) is 0 Å². The number of anilines is 1. The predicted molar refractivity (Wildman–Crippen MR) is 76.6 cm³/mol. The summed E-state index contributed by atoms with van der Waals surface area (Å²) < 4.78 is 10.5. The van der Waals surface area contributed by atoms with Gasteiger partial charge in [0.15, 0.2) is 9.03 Å². The maximum atomic E-state index is 5.59. The average Bonchev–Trinajstić information content (AvgIpc) is 2.86. The lowest BCUT2D eigenvalue weighted by Gasteiger charge is -2.17. The molecule has 7 heteroatoms. The van der Waals surface area contributed by atoms with E-state index in [0.717, 1.165) is 43.3 Å². The van der Waals surface area contributed by atoms with E-state index in [1.807, 2.05) is 12.3 Å². The molecule has 0 N–H and O–H groups in total. The van der Waals surface area contributed by atoms with Crippen LogP contribution in [0.25, 0.3) is 0 Å². The van der Waals surface area contributed by atoms with Gasteiger partial charge in [0.1, 0.15) is 11.6 Å². The van der Waals surface area contributed by atoms with Crippen LogP contribution in [-0.4, -0.2) is 42.0 Å². The molecule has 2 rings (SSSR count). The number of rotatable bonds is 6. The highest BCUT2D eigenvalue weighted by Crippen LogP contribution is 2.25. The van der Waals surface area contributed by atoms with Gasteiger partial charge in [-0.1, -0.05) is 0 Å². The van der Waals surface area contributed by atoms with E-state index in [1.165, 1.54) is 0 Å². The van der Waals surface area contributed by atoms with E-state index in [0.29, 0.717) is 0 Å². The smallest absolute Gasteiger partial charge is 0.155 e. The van der Waals surface area contributed by atoms with Crippen molar-refractivity contribution < 1.29 is 9.05 Å². The highest BCUT2D eigenvalue weighted by molar-refractivity contribution is 7.80. The third kappa shape index (κ3) is 3.79. The molecule has 2 heterocycles. The fourth-order valence-electron chi connectivity index (χ4n) is 1.93. The zero-order chi connectivity index (χ0) is 12.8. The SMILES string of the molecule is COPOC1CCN(c2ccnc(CCS)n2)C1. The lowest BCUT2D eigenvalue weighted by Crippen LogP contribution is -2.23. The first-order chi connectivity index (χ1) is 8.83. The topological polar surface area (TPSA) is 47.5 Å². The molecule has 0 aliphatic carbocycles. The van der Waals surface area contributed by atoms with Crippen LogP contribution in [0.1, 0.15) is 12.2 Å². The molecule has 1 aliphatic heterocycles. The number of aromatic nitrogens is 2. The highest BCUT2D eigenvalue weighted by atomic mass is 32.1. The van der Waals surface area contributed by atoms with Crippen LogP contribution >= 0.6 is 21.7 Å². The summed E-state index contributed by atoms with van der Waals surface area (Å²) in [7, 11) is 1.78. The van der Waals surface area contributed by atoms with Gasteiger partial charge < -0.3 is 13.9 Å². The van der Waals surface area contributed by atoms with Crippen molar-refractivity contribution in [2.45, 2.75) is 18.9 Å². The van der Waals surface area contributed by atoms with E-state index in [4.69, 9.17) is 9.05 Å². The van der Waals surface area contributed by atoms with Gasteiger partial charge in [-0.15, -0.1) is 0 Å². The van der Waals surface area contributed by atoms with Gasteiger partial charge in [-0.25, -0.2) is 9.97 Å². The minimum Gasteiger partial charge on any atom is -0.354 e. The molecular weight excluding hydrogens is 269 g/mol. The zero-order valence-electron chi connectivity index (χ0n) is 10.4. The molecule has 0 amide bonds. The van der Waals surface area contributed by atoms with E-state index < -0.39 is 0 Å². The summed E-state index contributed by atoms with van der Waals surface area (Å²) in [6, 6.07) is 1.95. The molecule has 1 aromatic rings. The molecule has 1 fully saturated rings. The second-order valence-electron chi connectivity index (χ2n) is 4.07. The average molecular weight is 287 g/mol. The molecule has 0 bridgehead atoms. The largest absolute Gasteiger partial charge is 0.354 e. The molecule has 18 heavy (non-hydrogen) atoms. The van der Waals surface area contributed by atoms with Gasteiger partial charge in [0.25, 0.3) is 0 Å². The first-order valence-electron chi connectivity index (χ1n) is 5.95. The van der Waals surface area contributed by atoms with Gasteiger partial charge in [0, 0.05) is 32.8 Å². The Morgan fingerprint density at radius 3 is 3.28 bits per heavy atom. The number of thiol groups is 1. The maximum absolute atomic E-state index is 5.59. The van der Waals surface area contributed by atoms with Crippen molar-refractivity contribution >= 4 is 27.5 Å². The van der Waals surface area contributed by atoms with Gasteiger partial charge in [0.2, 0.25) is 0 Å². The molecule has 0 aromatic carbocycles. The van der Waals surface area contributed by atoms with Crippen LogP contribution in [0.3, 0.4) is 0 Å². The Kier molecular flexibility index (Phi) is 5.63. The molecule has 0 spiro atoms. The molecule has 100 valence electrons. The molecule has 1 aromatic heterocycles. The fourth-order valence-corrected chi connectivity index (χ4v) is 2.56. The van der Waals surface area contributed by atoms with Crippen molar-refractivity contribution in [2.75, 3.05) is 30.9 Å². The van der Waals surface area contributed by atoms with E-state index in [1.54, 1.807) is 7.11 Å². The number of hydrogen-bond donors (Lipinski definition) is 1. The summed E-state index contributed by atoms with van der Waals surface area (Å²) in [5.41, 5.74) is 0. The van der Waals surface area contributed by atoms with Crippen molar-refractivity contribution in [2.24, 2.45) is 0 Å². The Morgan fingerprint density at radius 1 is 1.61 bits per heavy atom. The van der Waals surface area contributed by atoms with Crippen LogP contribution in [0.4, 0.5) is 5.82 Å². The monoisotopic (exact) mass is 287 g/mol. The Balaban J connectivity index is 1.94. The van der Waals surface area contributed by atoms with E-state index in [9.17, 15) is 0 Å². The summed E-state index contributed by atoms with van der Waals surface area (Å²) >= 11 is 4.20. The summed E-state index contributed by atoms with van der Waals surface area (Å²) in [6.07, 6.45) is 3.87. The summed E-state index contributed by atoms with van der Waals surface area (Å²) in [5, 5.41) is 0. The van der Waals surface area contributed by atoms with Gasteiger partial charge in [-0.05, 0) is 18.2 Å². The molecule has 5 nitrogen and oxygen atoms in total. The molecule has 2 unspecified atom stereocenters. The zero-order valence-corrected chi connectivity index (χ0v) is 12.3. The predicted octanol–water partition coefficient (Wildman–Crippen LogP) is 1.70. The van der Waals surface area contributed by atoms with Crippen LogP contribution in [0.15, 0.2) is 12.3 Å². The van der Waals surface area contributed by atoms with Crippen molar-refractivity contribution in [3.63, 3.8) is 0 Å². The molecule has 0 radical (unpaired) electrons. The first-order valence-corrected chi connectivity index (χ1v) is 7.39. The second kappa shape index (κ2) is 7.24. The Labute approximate surface area is 115 Å². The number of hydrogen-bond acceptors (Lipinski definition) is 6. The van der Waals surface area contributed by atoms with Crippen LogP contribution < -0.4 is 4.90 Å². The summed E-state index contributed by atoms with van der Waals surface area (Å²) in [4.78, 5) is 11.0. The van der Waals surface area contributed by atoms with E-state index in [2.05, 4.69) is 27.5 Å². The highest BCUT2D eigenvalue weighted by Gasteiger charge is 2.24.